The van der Waals surface area contributed by atoms with Crippen molar-refractivity contribution in [1.82, 2.24) is 0 Å². The topological polar surface area (TPSA) is 75.7 Å². The molecular weight excluding hydrogens is 298 g/mol. The van der Waals surface area contributed by atoms with Gasteiger partial charge in [-0.15, -0.1) is 0 Å². The maximum Gasteiger partial charge on any atom is 0.161 e. The van der Waals surface area contributed by atoms with E-state index >= 15 is 0 Å². The molecule has 0 aromatic rings. The van der Waals surface area contributed by atoms with Crippen LogP contribution in [-0.4, -0.2) is 22.6 Å². The average molecular weight is 330 g/mol. The SMILES string of the molecule is CCC(O)(O)CC.NSOCCCCCC1=CCC=CC=C1. The van der Waals surface area contributed by atoms with Crippen molar-refractivity contribution in [3.8, 4) is 0 Å². The van der Waals surface area contributed by atoms with E-state index in [-0.39, 0.29) is 0 Å². The Hall–Kier alpha value is -0.590. The maximum atomic E-state index is 8.69. The number of rotatable bonds is 9. The van der Waals surface area contributed by atoms with E-state index in [1.807, 2.05) is 0 Å². The lowest BCUT2D eigenvalue weighted by Crippen LogP contribution is -2.24. The first-order valence-electron chi connectivity index (χ1n) is 8.01. The van der Waals surface area contributed by atoms with E-state index in [1.165, 1.54) is 24.8 Å². The Kier molecular flexibility index (Phi) is 13.7. The Morgan fingerprint density at radius 3 is 2.50 bits per heavy atom. The van der Waals surface area contributed by atoms with Crippen molar-refractivity contribution in [1.29, 1.82) is 0 Å². The van der Waals surface area contributed by atoms with E-state index in [1.54, 1.807) is 13.8 Å². The van der Waals surface area contributed by atoms with Crippen LogP contribution >= 0.6 is 12.2 Å². The van der Waals surface area contributed by atoms with Crippen molar-refractivity contribution >= 4 is 12.2 Å². The molecule has 0 unspecified atom stereocenters. The van der Waals surface area contributed by atoms with Crippen molar-refractivity contribution in [3.05, 3.63) is 36.0 Å². The summed E-state index contributed by atoms with van der Waals surface area (Å²) in [6.07, 6.45) is 17.5. The predicted molar refractivity (Wildman–Crippen MR) is 94.9 cm³/mol. The lowest BCUT2D eigenvalue weighted by atomic mass is 10.1. The summed E-state index contributed by atoms with van der Waals surface area (Å²) in [5.41, 5.74) is 1.45. The number of hydrogen-bond acceptors (Lipinski definition) is 5. The molecule has 22 heavy (non-hydrogen) atoms. The first-order valence-corrected chi connectivity index (χ1v) is 8.81. The number of nitrogens with two attached hydrogens (primary N) is 1. The molecular formula is C17H31NO3S. The van der Waals surface area contributed by atoms with Gasteiger partial charge in [0, 0.05) is 0 Å². The third-order valence-electron chi connectivity index (χ3n) is 3.47. The third-order valence-corrected chi connectivity index (χ3v) is 3.77. The van der Waals surface area contributed by atoms with Gasteiger partial charge in [0.2, 0.25) is 0 Å². The first kappa shape index (κ1) is 21.4. The molecule has 128 valence electrons. The quantitative estimate of drug-likeness (QED) is 0.258. The summed E-state index contributed by atoms with van der Waals surface area (Å²) in [5.74, 6) is -1.42. The highest BCUT2D eigenvalue weighted by molar-refractivity contribution is 7.92. The second kappa shape index (κ2) is 14.0. The van der Waals surface area contributed by atoms with Crippen LogP contribution in [0.25, 0.3) is 0 Å². The zero-order chi connectivity index (χ0) is 16.7. The molecule has 0 saturated carbocycles. The van der Waals surface area contributed by atoms with Gasteiger partial charge in [0.1, 0.15) is 0 Å². The highest BCUT2D eigenvalue weighted by Crippen LogP contribution is 2.14. The van der Waals surface area contributed by atoms with Crippen LogP contribution < -0.4 is 5.14 Å². The van der Waals surface area contributed by atoms with Gasteiger partial charge in [0.15, 0.2) is 5.79 Å². The van der Waals surface area contributed by atoms with Crippen LogP contribution in [0, 0.1) is 0 Å². The Morgan fingerprint density at radius 2 is 1.91 bits per heavy atom. The zero-order valence-electron chi connectivity index (χ0n) is 13.8. The summed E-state index contributed by atoms with van der Waals surface area (Å²) >= 11 is 0.960. The largest absolute Gasteiger partial charge is 0.366 e. The van der Waals surface area contributed by atoms with Gasteiger partial charge in [-0.3, -0.25) is 5.14 Å². The molecule has 0 heterocycles. The Bertz CT molecular complexity index is 346. The normalized spacial score (nSPS) is 14.1. The molecule has 0 atom stereocenters. The number of unbranched alkanes of at least 4 members (excludes halogenated alkanes) is 2. The van der Waals surface area contributed by atoms with Gasteiger partial charge >= 0.3 is 0 Å². The minimum Gasteiger partial charge on any atom is -0.366 e. The third kappa shape index (κ3) is 13.1. The van der Waals surface area contributed by atoms with Crippen molar-refractivity contribution < 1.29 is 14.4 Å². The summed E-state index contributed by atoms with van der Waals surface area (Å²) in [6.45, 7) is 4.24. The zero-order valence-corrected chi connectivity index (χ0v) is 14.6. The summed E-state index contributed by atoms with van der Waals surface area (Å²) in [6, 6.07) is 0. The van der Waals surface area contributed by atoms with Crippen LogP contribution in [-0.2, 0) is 4.18 Å². The molecule has 0 radical (unpaired) electrons. The second-order valence-electron chi connectivity index (χ2n) is 5.22. The van der Waals surface area contributed by atoms with Gasteiger partial charge in [-0.1, -0.05) is 56.2 Å². The molecule has 0 aromatic heterocycles. The van der Waals surface area contributed by atoms with Gasteiger partial charge in [0.05, 0.1) is 18.8 Å². The van der Waals surface area contributed by atoms with Gasteiger partial charge in [-0.05, 0) is 38.5 Å². The highest BCUT2D eigenvalue weighted by Gasteiger charge is 2.15. The maximum absolute atomic E-state index is 8.69. The average Bonchev–Trinajstić information content (AvgIpc) is 2.80. The molecule has 0 aromatic carbocycles. The van der Waals surface area contributed by atoms with Crippen molar-refractivity contribution in [2.45, 2.75) is 64.6 Å². The van der Waals surface area contributed by atoms with E-state index in [2.05, 4.69) is 30.4 Å². The molecule has 0 fully saturated rings. The fourth-order valence-corrected chi connectivity index (χ4v) is 1.99. The monoisotopic (exact) mass is 329 g/mol. The lowest BCUT2D eigenvalue weighted by Gasteiger charge is -2.15. The van der Waals surface area contributed by atoms with E-state index in [4.69, 9.17) is 19.5 Å². The Labute approximate surface area is 139 Å². The predicted octanol–water partition coefficient (Wildman–Crippen LogP) is 4.02. The highest BCUT2D eigenvalue weighted by atomic mass is 32.2. The van der Waals surface area contributed by atoms with Crippen LogP contribution in [0.2, 0.25) is 0 Å². The number of aliphatic hydroxyl groups is 2. The molecule has 0 aliphatic heterocycles. The fraction of sp³-hybridized carbons (Fsp3) is 0.647. The molecule has 4 N–H and O–H groups in total. The van der Waals surface area contributed by atoms with E-state index in [0.717, 1.165) is 31.7 Å². The number of allylic oxidation sites excluding steroid dienone is 6. The summed E-state index contributed by atoms with van der Waals surface area (Å²) in [5, 5.41) is 22.5. The molecule has 1 aliphatic carbocycles. The minimum absolute atomic E-state index is 0.406. The minimum atomic E-state index is -1.42. The fourth-order valence-electron chi connectivity index (χ4n) is 1.77. The molecule has 0 saturated heterocycles. The molecule has 1 aliphatic rings. The molecule has 4 nitrogen and oxygen atoms in total. The Morgan fingerprint density at radius 1 is 1.18 bits per heavy atom. The van der Waals surface area contributed by atoms with Gasteiger partial charge in [-0.25, -0.2) is 0 Å². The van der Waals surface area contributed by atoms with Crippen LogP contribution in [0.3, 0.4) is 0 Å². The van der Waals surface area contributed by atoms with E-state index < -0.39 is 5.79 Å². The Balaban J connectivity index is 0.000000534. The standard InChI is InChI=1S/C12H19NOS.C5H12O2/c13-15-14-11-7-3-6-10-12-8-4-1-2-5-9-12;1-3-5(6,7)4-2/h1-2,4,8-9H,3,5-7,10-11,13H2;6-7H,3-4H2,1-2H3. The number of hydrogen-bond donors (Lipinski definition) is 3. The second-order valence-corrected chi connectivity index (χ2v) is 5.65. The summed E-state index contributed by atoms with van der Waals surface area (Å²) in [7, 11) is 0. The van der Waals surface area contributed by atoms with Crippen molar-refractivity contribution in [3.63, 3.8) is 0 Å². The molecule has 5 heteroatoms. The molecule has 1 rings (SSSR count). The van der Waals surface area contributed by atoms with Crippen molar-refractivity contribution in [2.24, 2.45) is 5.14 Å². The van der Waals surface area contributed by atoms with Crippen molar-refractivity contribution in [2.75, 3.05) is 6.61 Å². The van der Waals surface area contributed by atoms with Crippen LogP contribution in [0.5, 0.6) is 0 Å². The van der Waals surface area contributed by atoms with Gasteiger partial charge in [-0.2, -0.15) is 0 Å². The molecule has 0 spiro atoms. The van der Waals surface area contributed by atoms with Gasteiger partial charge in [0.25, 0.3) is 0 Å². The first-order chi connectivity index (χ1) is 10.6. The molecule has 0 amide bonds. The summed E-state index contributed by atoms with van der Waals surface area (Å²) in [4.78, 5) is 0. The van der Waals surface area contributed by atoms with E-state index in [9.17, 15) is 0 Å². The van der Waals surface area contributed by atoms with Crippen LogP contribution in [0.1, 0.15) is 58.8 Å². The van der Waals surface area contributed by atoms with Crippen LogP contribution in [0.15, 0.2) is 36.0 Å². The lowest BCUT2D eigenvalue weighted by molar-refractivity contribution is -0.163. The molecule has 0 bridgehead atoms. The van der Waals surface area contributed by atoms with Gasteiger partial charge < -0.3 is 14.4 Å². The van der Waals surface area contributed by atoms with Crippen LogP contribution in [0.4, 0.5) is 0 Å². The smallest absolute Gasteiger partial charge is 0.161 e. The van der Waals surface area contributed by atoms with E-state index in [0.29, 0.717) is 12.8 Å². The summed E-state index contributed by atoms with van der Waals surface area (Å²) < 4.78 is 5.00.